The van der Waals surface area contributed by atoms with E-state index in [2.05, 4.69) is 11.4 Å². The molecule has 6 nitrogen and oxygen atoms in total. The van der Waals surface area contributed by atoms with Gasteiger partial charge in [-0.1, -0.05) is 12.1 Å². The van der Waals surface area contributed by atoms with Crippen LogP contribution in [0.5, 0.6) is 0 Å². The summed E-state index contributed by atoms with van der Waals surface area (Å²) >= 11 is 1.66. The number of furan rings is 1. The van der Waals surface area contributed by atoms with Gasteiger partial charge in [0.25, 0.3) is 5.91 Å². The van der Waals surface area contributed by atoms with Gasteiger partial charge in [-0.3, -0.25) is 14.5 Å². The van der Waals surface area contributed by atoms with Crippen LogP contribution in [-0.2, 0) is 17.9 Å². The summed E-state index contributed by atoms with van der Waals surface area (Å²) in [5, 5.41) is 4.95. The van der Waals surface area contributed by atoms with Gasteiger partial charge < -0.3 is 14.6 Å². The summed E-state index contributed by atoms with van der Waals surface area (Å²) in [6, 6.07) is 14.9. The Morgan fingerprint density at radius 3 is 2.53 bits per heavy atom. The quantitative estimate of drug-likeness (QED) is 0.521. The Labute approximate surface area is 181 Å². The van der Waals surface area contributed by atoms with Crippen molar-refractivity contribution in [3.8, 4) is 0 Å². The number of thiophene rings is 1. The number of anilines is 1. The number of carbonyl (C=O) groups is 2. The molecule has 0 unspecified atom stereocenters. The maximum atomic E-state index is 12.7. The molecule has 0 saturated carbocycles. The lowest BCUT2D eigenvalue weighted by molar-refractivity contribution is -0.117. The number of hydrogen-bond donors (Lipinski definition) is 1. The van der Waals surface area contributed by atoms with E-state index in [1.165, 1.54) is 4.88 Å². The number of amides is 2. The largest absolute Gasteiger partial charge is 0.468 e. The molecule has 7 heteroatoms. The maximum absolute atomic E-state index is 12.7. The van der Waals surface area contributed by atoms with Crippen LogP contribution in [0.2, 0.25) is 0 Å². The lowest BCUT2D eigenvalue weighted by Crippen LogP contribution is -2.32. The molecule has 0 aliphatic rings. The van der Waals surface area contributed by atoms with Crippen molar-refractivity contribution in [1.82, 2.24) is 9.80 Å². The Morgan fingerprint density at radius 1 is 1.03 bits per heavy atom. The zero-order valence-corrected chi connectivity index (χ0v) is 18.2. The predicted octanol–water partition coefficient (Wildman–Crippen LogP) is 4.46. The molecule has 0 aliphatic carbocycles. The molecule has 3 rings (SSSR count). The fraction of sp³-hybridized carbons (Fsp3) is 0.304. The predicted molar refractivity (Wildman–Crippen MR) is 119 cm³/mol. The first-order chi connectivity index (χ1) is 14.6. The van der Waals surface area contributed by atoms with Gasteiger partial charge in [-0.25, -0.2) is 0 Å². The molecule has 0 saturated heterocycles. The van der Waals surface area contributed by atoms with Crippen LogP contribution >= 0.6 is 11.3 Å². The first-order valence-corrected chi connectivity index (χ1v) is 10.9. The van der Waals surface area contributed by atoms with Gasteiger partial charge in [0, 0.05) is 35.8 Å². The van der Waals surface area contributed by atoms with Gasteiger partial charge >= 0.3 is 0 Å². The Morgan fingerprint density at radius 2 is 1.87 bits per heavy atom. The van der Waals surface area contributed by atoms with Gasteiger partial charge in [-0.15, -0.1) is 11.3 Å². The molecule has 0 radical (unpaired) electrons. The second kappa shape index (κ2) is 10.8. The second-order valence-electron chi connectivity index (χ2n) is 6.91. The molecule has 0 aliphatic heterocycles. The summed E-state index contributed by atoms with van der Waals surface area (Å²) < 4.78 is 5.46. The summed E-state index contributed by atoms with van der Waals surface area (Å²) in [5.41, 5.74) is 1.19. The molecule has 30 heavy (non-hydrogen) atoms. The fourth-order valence-corrected chi connectivity index (χ4v) is 3.99. The maximum Gasteiger partial charge on any atom is 0.253 e. The molecule has 0 spiro atoms. The molecule has 2 amide bonds. The van der Waals surface area contributed by atoms with Crippen LogP contribution in [0.3, 0.4) is 0 Å². The van der Waals surface area contributed by atoms with Crippen molar-refractivity contribution >= 4 is 28.8 Å². The number of nitrogens with one attached hydrogen (secondary N) is 1. The first-order valence-electron chi connectivity index (χ1n) is 10.0. The number of benzene rings is 1. The minimum absolute atomic E-state index is 0.0340. The lowest BCUT2D eigenvalue weighted by Gasteiger charge is -2.21. The van der Waals surface area contributed by atoms with Crippen molar-refractivity contribution in [3.05, 3.63) is 76.4 Å². The molecule has 1 aromatic carbocycles. The van der Waals surface area contributed by atoms with E-state index in [-0.39, 0.29) is 18.4 Å². The third-order valence-corrected chi connectivity index (χ3v) is 5.59. The number of nitrogens with zero attached hydrogens (tertiary/aromatic N) is 2. The minimum atomic E-state index is -0.134. The van der Waals surface area contributed by atoms with Crippen LogP contribution < -0.4 is 5.32 Å². The van der Waals surface area contributed by atoms with Crippen molar-refractivity contribution < 1.29 is 14.0 Å². The van der Waals surface area contributed by atoms with Crippen LogP contribution in [0.1, 0.15) is 34.8 Å². The smallest absolute Gasteiger partial charge is 0.253 e. The summed E-state index contributed by atoms with van der Waals surface area (Å²) in [5.74, 6) is 0.643. The van der Waals surface area contributed by atoms with Crippen LogP contribution in [0, 0.1) is 0 Å². The summed E-state index contributed by atoms with van der Waals surface area (Å²) in [6.45, 7) is 6.62. The standard InChI is InChI=1S/C23H27N3O3S/c1-3-26(4-2)23(28)18-8-5-9-19(14-18)24-22(27)17-25(15-20-10-6-12-29-20)16-21-11-7-13-30-21/h5-14H,3-4,15-17H2,1-2H3,(H,24,27). The molecule has 158 valence electrons. The van der Waals surface area contributed by atoms with Crippen LogP contribution in [0.4, 0.5) is 5.69 Å². The number of hydrogen-bond acceptors (Lipinski definition) is 5. The molecule has 0 atom stereocenters. The topological polar surface area (TPSA) is 65.8 Å². The summed E-state index contributed by atoms with van der Waals surface area (Å²) in [6.07, 6.45) is 1.64. The highest BCUT2D eigenvalue weighted by molar-refractivity contribution is 7.09. The van der Waals surface area contributed by atoms with E-state index in [1.807, 2.05) is 42.3 Å². The van der Waals surface area contributed by atoms with E-state index >= 15 is 0 Å². The van der Waals surface area contributed by atoms with Crippen LogP contribution in [0.15, 0.2) is 64.6 Å². The number of rotatable bonds is 10. The fourth-order valence-electron chi connectivity index (χ4n) is 3.24. The zero-order valence-electron chi connectivity index (χ0n) is 17.3. The molecular formula is C23H27N3O3S. The SMILES string of the molecule is CCN(CC)C(=O)c1cccc(NC(=O)CN(Cc2ccco2)Cc2cccs2)c1. The van der Waals surface area contributed by atoms with Crippen LogP contribution in [0.25, 0.3) is 0 Å². The van der Waals surface area contributed by atoms with Crippen molar-refractivity contribution in [1.29, 1.82) is 0 Å². The van der Waals surface area contributed by atoms with E-state index < -0.39 is 0 Å². The molecular weight excluding hydrogens is 398 g/mol. The summed E-state index contributed by atoms with van der Waals surface area (Å²) in [7, 11) is 0. The highest BCUT2D eigenvalue weighted by Gasteiger charge is 2.16. The Kier molecular flexibility index (Phi) is 7.82. The van der Waals surface area contributed by atoms with E-state index in [9.17, 15) is 9.59 Å². The van der Waals surface area contributed by atoms with Gasteiger partial charge in [0.05, 0.1) is 19.4 Å². The normalized spacial score (nSPS) is 10.9. The average molecular weight is 426 g/mol. The van der Waals surface area contributed by atoms with Crippen molar-refractivity contribution in [2.75, 3.05) is 25.0 Å². The van der Waals surface area contributed by atoms with E-state index in [4.69, 9.17) is 4.42 Å². The van der Waals surface area contributed by atoms with Crippen molar-refractivity contribution in [2.24, 2.45) is 0 Å². The average Bonchev–Trinajstić information content (AvgIpc) is 3.43. The van der Waals surface area contributed by atoms with Crippen LogP contribution in [-0.4, -0.2) is 41.2 Å². The van der Waals surface area contributed by atoms with Gasteiger partial charge in [-0.05, 0) is 55.6 Å². The second-order valence-corrected chi connectivity index (χ2v) is 7.94. The van der Waals surface area contributed by atoms with E-state index in [0.29, 0.717) is 37.4 Å². The zero-order chi connectivity index (χ0) is 21.3. The van der Waals surface area contributed by atoms with Crippen molar-refractivity contribution in [3.63, 3.8) is 0 Å². The lowest BCUT2D eigenvalue weighted by atomic mass is 10.1. The first kappa shape index (κ1) is 21.8. The van der Waals surface area contributed by atoms with Gasteiger partial charge in [0.2, 0.25) is 5.91 Å². The molecule has 0 bridgehead atoms. The molecule has 1 N–H and O–H groups in total. The van der Waals surface area contributed by atoms with Crippen molar-refractivity contribution in [2.45, 2.75) is 26.9 Å². The Hall–Kier alpha value is -2.90. The van der Waals surface area contributed by atoms with Gasteiger partial charge in [-0.2, -0.15) is 0 Å². The Balaban J connectivity index is 1.66. The monoisotopic (exact) mass is 425 g/mol. The Bertz CT molecular complexity index is 898. The summed E-state index contributed by atoms with van der Waals surface area (Å²) in [4.78, 5) is 30.3. The van der Waals surface area contributed by atoms with Gasteiger partial charge in [0.15, 0.2) is 0 Å². The minimum Gasteiger partial charge on any atom is -0.468 e. The molecule has 2 heterocycles. The van der Waals surface area contributed by atoms with Gasteiger partial charge in [0.1, 0.15) is 5.76 Å². The molecule has 0 fully saturated rings. The number of carbonyl (C=O) groups excluding carboxylic acids is 2. The molecule has 3 aromatic rings. The molecule has 2 aromatic heterocycles. The van der Waals surface area contributed by atoms with E-state index in [0.717, 1.165) is 5.76 Å². The highest BCUT2D eigenvalue weighted by atomic mass is 32.1. The third-order valence-electron chi connectivity index (χ3n) is 4.73. The van der Waals surface area contributed by atoms with E-state index in [1.54, 1.807) is 46.8 Å². The third kappa shape index (κ3) is 6.05. The highest BCUT2D eigenvalue weighted by Crippen LogP contribution is 2.16.